The lowest BCUT2D eigenvalue weighted by atomic mass is 10.2. The van der Waals surface area contributed by atoms with Crippen molar-refractivity contribution in [1.29, 1.82) is 0 Å². The minimum absolute atomic E-state index is 0.0459. The Morgan fingerprint density at radius 2 is 1.96 bits per heavy atom. The number of anilines is 1. The molecule has 1 amide bonds. The molecule has 148 valence electrons. The van der Waals surface area contributed by atoms with Gasteiger partial charge in [0.2, 0.25) is 5.91 Å². The van der Waals surface area contributed by atoms with Crippen LogP contribution >= 0.6 is 11.8 Å². The van der Waals surface area contributed by atoms with Crippen LogP contribution in [0.15, 0.2) is 53.4 Å². The summed E-state index contributed by atoms with van der Waals surface area (Å²) in [7, 11) is 0. The van der Waals surface area contributed by atoms with E-state index in [9.17, 15) is 14.9 Å². The van der Waals surface area contributed by atoms with Gasteiger partial charge in [-0.05, 0) is 30.4 Å². The number of ether oxygens (including phenoxy) is 1. The number of amides is 1. The largest absolute Gasteiger partial charge is 0.485 e. The third-order valence-corrected chi connectivity index (χ3v) is 5.50. The van der Waals surface area contributed by atoms with Crippen LogP contribution in [0.25, 0.3) is 0 Å². The minimum Gasteiger partial charge on any atom is -0.485 e. The molecule has 0 radical (unpaired) electrons. The van der Waals surface area contributed by atoms with Crippen molar-refractivity contribution in [2.75, 3.05) is 36.9 Å². The van der Waals surface area contributed by atoms with Crippen molar-refractivity contribution in [3.63, 3.8) is 0 Å². The van der Waals surface area contributed by atoms with Gasteiger partial charge in [-0.25, -0.2) is 0 Å². The van der Waals surface area contributed by atoms with E-state index in [4.69, 9.17) is 4.74 Å². The number of hydrogen-bond donors (Lipinski definition) is 1. The van der Waals surface area contributed by atoms with E-state index in [1.54, 1.807) is 30.0 Å². The monoisotopic (exact) mass is 401 g/mol. The Kier molecular flexibility index (Phi) is 7.27. The second-order valence-corrected chi connectivity index (χ2v) is 7.43. The fourth-order valence-electron chi connectivity index (χ4n) is 3.00. The number of nitro benzene ring substituents is 1. The topological polar surface area (TPSA) is 84.7 Å². The Hall–Kier alpha value is -2.58. The first-order valence-electron chi connectivity index (χ1n) is 9.26. The number of carbonyl (C=O) groups excluding carboxylic acids is 1. The molecule has 0 bridgehead atoms. The highest BCUT2D eigenvalue weighted by Gasteiger charge is 2.20. The van der Waals surface area contributed by atoms with Gasteiger partial charge in [0.25, 0.3) is 0 Å². The number of rotatable bonds is 8. The summed E-state index contributed by atoms with van der Waals surface area (Å²) in [6, 6.07) is 14.3. The van der Waals surface area contributed by atoms with Crippen LogP contribution in [-0.2, 0) is 4.79 Å². The lowest BCUT2D eigenvalue weighted by molar-refractivity contribution is -0.385. The molecule has 7 nitrogen and oxygen atoms in total. The summed E-state index contributed by atoms with van der Waals surface area (Å²) in [5.41, 5.74) is 0.949. The van der Waals surface area contributed by atoms with Gasteiger partial charge in [0.15, 0.2) is 5.75 Å². The number of nitro groups is 1. The molecule has 0 saturated heterocycles. The van der Waals surface area contributed by atoms with E-state index in [0.29, 0.717) is 26.1 Å². The predicted octanol–water partition coefficient (Wildman–Crippen LogP) is 3.48. The fourth-order valence-corrected chi connectivity index (χ4v) is 4.00. The zero-order chi connectivity index (χ0) is 19.8. The first-order valence-corrected chi connectivity index (χ1v) is 10.2. The maximum Gasteiger partial charge on any atom is 0.310 e. The molecule has 0 aliphatic carbocycles. The second kappa shape index (κ2) is 10.1. The zero-order valence-electron chi connectivity index (χ0n) is 15.5. The summed E-state index contributed by atoms with van der Waals surface area (Å²) < 4.78 is 5.48. The van der Waals surface area contributed by atoms with Gasteiger partial charge >= 0.3 is 5.69 Å². The number of carbonyl (C=O) groups is 1. The lowest BCUT2D eigenvalue weighted by Crippen LogP contribution is -2.34. The zero-order valence-corrected chi connectivity index (χ0v) is 16.3. The summed E-state index contributed by atoms with van der Waals surface area (Å²) in [6.07, 6.45) is 1.37. The third kappa shape index (κ3) is 5.24. The molecule has 3 rings (SSSR count). The van der Waals surface area contributed by atoms with Crippen LogP contribution in [0.4, 0.5) is 11.4 Å². The molecule has 0 spiro atoms. The van der Waals surface area contributed by atoms with Crippen molar-refractivity contribution < 1.29 is 14.5 Å². The summed E-state index contributed by atoms with van der Waals surface area (Å²) >= 11 is 1.79. The number of hydrogen-bond acceptors (Lipinski definition) is 6. The molecular weight excluding hydrogens is 378 g/mol. The summed E-state index contributed by atoms with van der Waals surface area (Å²) in [5, 5.41) is 14.1. The number of para-hydroxylation sites is 3. The Balaban J connectivity index is 1.42. The summed E-state index contributed by atoms with van der Waals surface area (Å²) in [4.78, 5) is 26.2. The van der Waals surface area contributed by atoms with Crippen molar-refractivity contribution >= 4 is 29.0 Å². The molecule has 1 aliphatic rings. The molecule has 0 saturated carbocycles. The molecule has 8 heteroatoms. The van der Waals surface area contributed by atoms with Crippen LogP contribution in [-0.4, -0.2) is 42.8 Å². The van der Waals surface area contributed by atoms with Crippen LogP contribution in [0.2, 0.25) is 0 Å². The van der Waals surface area contributed by atoms with Gasteiger partial charge in [0.05, 0.1) is 10.6 Å². The normalized spacial score (nSPS) is 13.5. The number of thioether (sulfide) groups is 1. The van der Waals surface area contributed by atoms with Gasteiger partial charge in [-0.1, -0.05) is 24.3 Å². The van der Waals surface area contributed by atoms with Gasteiger partial charge in [-0.2, -0.15) is 0 Å². The van der Waals surface area contributed by atoms with Crippen molar-refractivity contribution in [1.82, 2.24) is 5.32 Å². The number of benzene rings is 2. The Labute approximate surface area is 168 Å². The van der Waals surface area contributed by atoms with Crippen LogP contribution in [0, 0.1) is 10.1 Å². The van der Waals surface area contributed by atoms with Gasteiger partial charge < -0.3 is 15.0 Å². The van der Waals surface area contributed by atoms with Gasteiger partial charge in [-0.15, -0.1) is 11.8 Å². The molecule has 0 aromatic heterocycles. The van der Waals surface area contributed by atoms with E-state index in [-0.39, 0.29) is 17.3 Å². The maximum atomic E-state index is 12.7. The lowest BCUT2D eigenvalue weighted by Gasteiger charge is -2.22. The second-order valence-electron chi connectivity index (χ2n) is 6.29. The van der Waals surface area contributed by atoms with Crippen molar-refractivity contribution in [3.8, 4) is 5.75 Å². The number of nitrogens with one attached hydrogen (secondary N) is 1. The van der Waals surface area contributed by atoms with Crippen molar-refractivity contribution in [2.45, 2.75) is 17.7 Å². The van der Waals surface area contributed by atoms with E-state index in [1.165, 1.54) is 6.07 Å². The summed E-state index contributed by atoms with van der Waals surface area (Å²) in [6.45, 7) is 2.07. The van der Waals surface area contributed by atoms with E-state index in [0.717, 1.165) is 29.3 Å². The van der Waals surface area contributed by atoms with E-state index in [2.05, 4.69) is 11.4 Å². The van der Waals surface area contributed by atoms with Crippen LogP contribution in [0.1, 0.15) is 12.8 Å². The predicted molar refractivity (Wildman–Crippen MR) is 110 cm³/mol. The van der Waals surface area contributed by atoms with E-state index in [1.807, 2.05) is 23.1 Å². The average molecular weight is 401 g/mol. The molecule has 2 aromatic carbocycles. The average Bonchev–Trinajstić information content (AvgIpc) is 2.93. The first-order chi connectivity index (χ1) is 13.7. The molecule has 1 N–H and O–H groups in total. The molecule has 1 heterocycles. The number of fused-ring (bicyclic) bond motifs is 1. The molecule has 1 aliphatic heterocycles. The van der Waals surface area contributed by atoms with E-state index >= 15 is 0 Å². The first kappa shape index (κ1) is 20.2. The van der Waals surface area contributed by atoms with Gasteiger partial charge in [0.1, 0.15) is 6.61 Å². The fraction of sp³-hybridized carbons (Fsp3) is 0.350. The Morgan fingerprint density at radius 1 is 1.18 bits per heavy atom. The Morgan fingerprint density at radius 3 is 2.82 bits per heavy atom. The Bertz CT molecular complexity index is 831. The molecule has 2 aromatic rings. The number of nitrogens with zero attached hydrogens (tertiary/aromatic N) is 2. The quantitative estimate of drug-likeness (QED) is 0.414. The van der Waals surface area contributed by atoms with Crippen molar-refractivity contribution in [3.05, 3.63) is 58.6 Å². The van der Waals surface area contributed by atoms with Crippen LogP contribution < -0.4 is 15.0 Å². The SMILES string of the molecule is O=C(CCNCCOc1ccccc1[N+](=O)[O-])N1CCCSc2ccccc21. The highest BCUT2D eigenvalue weighted by atomic mass is 32.2. The van der Waals surface area contributed by atoms with Crippen molar-refractivity contribution in [2.24, 2.45) is 0 Å². The molecule has 28 heavy (non-hydrogen) atoms. The highest BCUT2D eigenvalue weighted by Crippen LogP contribution is 2.33. The van der Waals surface area contributed by atoms with E-state index < -0.39 is 4.92 Å². The smallest absolute Gasteiger partial charge is 0.310 e. The van der Waals surface area contributed by atoms with Crippen LogP contribution in [0.5, 0.6) is 5.75 Å². The molecule has 0 fully saturated rings. The molecule has 0 atom stereocenters. The summed E-state index contributed by atoms with van der Waals surface area (Å²) in [5.74, 6) is 1.37. The maximum absolute atomic E-state index is 12.7. The van der Waals surface area contributed by atoms with Gasteiger partial charge in [0, 0.05) is 37.0 Å². The molecular formula is C20H23N3O4S. The standard InChI is InChI=1S/C20H23N3O4S/c24-20(22-13-5-15-28-19-9-4-2-7-17(19)22)10-11-21-12-14-27-18-8-3-1-6-16(18)23(25)26/h1-4,6-9,21H,5,10-15H2. The van der Waals surface area contributed by atoms with Gasteiger partial charge in [-0.3, -0.25) is 14.9 Å². The highest BCUT2D eigenvalue weighted by molar-refractivity contribution is 7.99. The van der Waals surface area contributed by atoms with Crippen LogP contribution in [0.3, 0.4) is 0 Å². The minimum atomic E-state index is -0.460. The molecule has 0 unspecified atom stereocenters. The third-order valence-electron chi connectivity index (χ3n) is 4.35.